The van der Waals surface area contributed by atoms with Crippen molar-refractivity contribution in [1.82, 2.24) is 10.2 Å². The summed E-state index contributed by atoms with van der Waals surface area (Å²) in [6.07, 6.45) is 1.38. The van der Waals surface area contributed by atoms with E-state index < -0.39 is 0 Å². The lowest BCUT2D eigenvalue weighted by atomic mass is 9.96. The van der Waals surface area contributed by atoms with E-state index in [1.165, 1.54) is 0 Å². The van der Waals surface area contributed by atoms with Crippen LogP contribution in [-0.2, 0) is 4.79 Å². The predicted molar refractivity (Wildman–Crippen MR) is 100 cm³/mol. The van der Waals surface area contributed by atoms with Gasteiger partial charge in [0, 0.05) is 31.7 Å². The van der Waals surface area contributed by atoms with Crippen molar-refractivity contribution < 1.29 is 14.3 Å². The van der Waals surface area contributed by atoms with Gasteiger partial charge in [-0.25, -0.2) is 4.79 Å². The Labute approximate surface area is 153 Å². The Morgan fingerprint density at radius 2 is 1.58 bits per heavy atom. The molecule has 2 aromatic carbocycles. The molecule has 2 N–H and O–H groups in total. The number of rotatable bonds is 4. The molecule has 0 unspecified atom stereocenters. The minimum absolute atomic E-state index is 0.00142. The van der Waals surface area contributed by atoms with Crippen LogP contribution in [0.2, 0.25) is 0 Å². The van der Waals surface area contributed by atoms with E-state index in [-0.39, 0.29) is 17.9 Å². The molecule has 1 saturated heterocycles. The molecule has 0 atom stereocenters. The highest BCUT2D eigenvalue weighted by molar-refractivity contribution is 5.89. The summed E-state index contributed by atoms with van der Waals surface area (Å²) in [6.45, 7) is 1.16. The second kappa shape index (κ2) is 8.38. The predicted octanol–water partition coefficient (Wildman–Crippen LogP) is 3.47. The molecule has 0 aliphatic carbocycles. The van der Waals surface area contributed by atoms with Gasteiger partial charge in [0.1, 0.15) is 11.5 Å². The van der Waals surface area contributed by atoms with E-state index in [0.29, 0.717) is 37.4 Å². The van der Waals surface area contributed by atoms with Crippen LogP contribution in [0.15, 0.2) is 54.6 Å². The second-order valence-electron chi connectivity index (χ2n) is 6.25. The monoisotopic (exact) mass is 353 g/mol. The molecular weight excluding hydrogens is 330 g/mol. The van der Waals surface area contributed by atoms with Crippen LogP contribution in [0, 0.1) is 5.92 Å². The number of hydrogen-bond acceptors (Lipinski definition) is 3. The Kier molecular flexibility index (Phi) is 5.73. The number of amides is 3. The molecule has 3 rings (SSSR count). The van der Waals surface area contributed by atoms with E-state index in [1.54, 1.807) is 11.9 Å². The number of nitrogens with one attached hydrogen (secondary N) is 2. The van der Waals surface area contributed by atoms with Crippen molar-refractivity contribution in [3.8, 4) is 11.5 Å². The number of benzene rings is 2. The van der Waals surface area contributed by atoms with Crippen LogP contribution >= 0.6 is 0 Å². The first-order valence-corrected chi connectivity index (χ1v) is 8.76. The maximum absolute atomic E-state index is 12.4. The number of piperidine rings is 1. The minimum Gasteiger partial charge on any atom is -0.457 e. The van der Waals surface area contributed by atoms with E-state index in [0.717, 1.165) is 5.75 Å². The molecular formula is C20H23N3O3. The lowest BCUT2D eigenvalue weighted by Gasteiger charge is -2.31. The van der Waals surface area contributed by atoms with Crippen molar-refractivity contribution in [3.05, 3.63) is 54.6 Å². The highest BCUT2D eigenvalue weighted by Crippen LogP contribution is 2.23. The smallest absolute Gasteiger partial charge is 0.321 e. The number of carbonyl (C=O) groups excluding carboxylic acids is 2. The lowest BCUT2D eigenvalue weighted by molar-refractivity contribution is -0.125. The zero-order valence-electron chi connectivity index (χ0n) is 14.8. The van der Waals surface area contributed by atoms with Gasteiger partial charge in [0.05, 0.1) is 0 Å². The number of nitrogens with zero attached hydrogens (tertiary/aromatic N) is 1. The first-order valence-electron chi connectivity index (χ1n) is 8.76. The first-order chi connectivity index (χ1) is 12.7. The minimum atomic E-state index is -0.142. The summed E-state index contributed by atoms with van der Waals surface area (Å²) in [5.41, 5.74) is 0.712. The van der Waals surface area contributed by atoms with Crippen molar-refractivity contribution in [1.29, 1.82) is 0 Å². The molecule has 6 heteroatoms. The molecule has 0 spiro atoms. The second-order valence-corrected chi connectivity index (χ2v) is 6.25. The molecule has 0 radical (unpaired) electrons. The Hall–Kier alpha value is -3.02. The van der Waals surface area contributed by atoms with E-state index in [2.05, 4.69) is 10.6 Å². The summed E-state index contributed by atoms with van der Waals surface area (Å²) in [6, 6.07) is 16.7. The Morgan fingerprint density at radius 1 is 0.962 bits per heavy atom. The molecule has 26 heavy (non-hydrogen) atoms. The molecule has 1 aliphatic rings. The van der Waals surface area contributed by atoms with Crippen LogP contribution in [0.3, 0.4) is 0 Å². The molecule has 1 aliphatic heterocycles. The largest absolute Gasteiger partial charge is 0.457 e. The molecule has 1 heterocycles. The molecule has 6 nitrogen and oxygen atoms in total. The molecule has 136 valence electrons. The normalized spacial score (nSPS) is 14.6. The highest BCUT2D eigenvalue weighted by Gasteiger charge is 2.26. The third-order valence-corrected chi connectivity index (χ3v) is 4.48. The summed E-state index contributed by atoms with van der Waals surface area (Å²) in [4.78, 5) is 25.8. The van der Waals surface area contributed by atoms with Gasteiger partial charge in [0.2, 0.25) is 5.91 Å². The number of likely N-dealkylation sites (tertiary alicyclic amines) is 1. The van der Waals surface area contributed by atoms with Crippen molar-refractivity contribution in [3.63, 3.8) is 0 Å². The van der Waals surface area contributed by atoms with Gasteiger partial charge < -0.3 is 20.3 Å². The maximum Gasteiger partial charge on any atom is 0.321 e. The number of anilines is 1. The van der Waals surface area contributed by atoms with Crippen LogP contribution in [0.4, 0.5) is 10.5 Å². The zero-order chi connectivity index (χ0) is 18.4. The van der Waals surface area contributed by atoms with Crippen LogP contribution in [0.25, 0.3) is 0 Å². The van der Waals surface area contributed by atoms with Crippen molar-refractivity contribution in [2.24, 2.45) is 5.92 Å². The molecule has 0 aromatic heterocycles. The Balaban J connectivity index is 1.51. The fourth-order valence-electron chi connectivity index (χ4n) is 2.98. The number of ether oxygens (including phenoxy) is 1. The lowest BCUT2D eigenvalue weighted by Crippen LogP contribution is -2.44. The fraction of sp³-hybridized carbons (Fsp3) is 0.300. The number of carbonyl (C=O) groups is 2. The van der Waals surface area contributed by atoms with Crippen LogP contribution < -0.4 is 15.4 Å². The van der Waals surface area contributed by atoms with Gasteiger partial charge in [-0.3, -0.25) is 4.79 Å². The van der Waals surface area contributed by atoms with Gasteiger partial charge in [-0.15, -0.1) is 0 Å². The summed E-state index contributed by atoms with van der Waals surface area (Å²) in [5, 5.41) is 5.56. The number of urea groups is 1. The maximum atomic E-state index is 12.4. The van der Waals surface area contributed by atoms with Crippen LogP contribution in [0.1, 0.15) is 12.8 Å². The third kappa shape index (κ3) is 4.53. The molecule has 3 amide bonds. The summed E-state index contributed by atoms with van der Waals surface area (Å²) >= 11 is 0. The van der Waals surface area contributed by atoms with Gasteiger partial charge in [0.15, 0.2) is 0 Å². The molecule has 1 fully saturated rings. The molecule has 2 aromatic rings. The first kappa shape index (κ1) is 17.8. The number of para-hydroxylation sites is 1. The molecule has 0 bridgehead atoms. The standard InChI is InChI=1S/C20H23N3O3/c1-21-19(24)15-11-13-23(14-12-15)20(25)22-16-7-9-18(10-8-16)26-17-5-3-2-4-6-17/h2-10,15H,11-14H2,1H3,(H,21,24)(H,22,25). The Morgan fingerprint density at radius 3 is 2.19 bits per heavy atom. The average molecular weight is 353 g/mol. The van der Waals surface area contributed by atoms with E-state index in [4.69, 9.17) is 4.74 Å². The van der Waals surface area contributed by atoms with Crippen LogP contribution in [0.5, 0.6) is 11.5 Å². The highest BCUT2D eigenvalue weighted by atomic mass is 16.5. The van der Waals surface area contributed by atoms with Gasteiger partial charge in [-0.2, -0.15) is 0 Å². The summed E-state index contributed by atoms with van der Waals surface area (Å²) < 4.78 is 5.74. The average Bonchev–Trinajstić information content (AvgIpc) is 2.70. The van der Waals surface area contributed by atoms with Crippen molar-refractivity contribution in [2.45, 2.75) is 12.8 Å². The van der Waals surface area contributed by atoms with Crippen molar-refractivity contribution in [2.75, 3.05) is 25.5 Å². The summed E-state index contributed by atoms with van der Waals surface area (Å²) in [5.74, 6) is 1.53. The quantitative estimate of drug-likeness (QED) is 0.884. The fourth-order valence-corrected chi connectivity index (χ4v) is 2.98. The zero-order valence-corrected chi connectivity index (χ0v) is 14.8. The van der Waals surface area contributed by atoms with Crippen LogP contribution in [-0.4, -0.2) is 37.0 Å². The molecule has 0 saturated carbocycles. The van der Waals surface area contributed by atoms with Gasteiger partial charge in [0.25, 0.3) is 0 Å². The van der Waals surface area contributed by atoms with E-state index in [1.807, 2.05) is 54.6 Å². The van der Waals surface area contributed by atoms with E-state index >= 15 is 0 Å². The third-order valence-electron chi connectivity index (χ3n) is 4.48. The topological polar surface area (TPSA) is 70.7 Å². The Bertz CT molecular complexity index is 739. The van der Waals surface area contributed by atoms with E-state index in [9.17, 15) is 9.59 Å². The van der Waals surface area contributed by atoms with Gasteiger partial charge in [-0.05, 0) is 49.2 Å². The van der Waals surface area contributed by atoms with Gasteiger partial charge >= 0.3 is 6.03 Å². The number of hydrogen-bond donors (Lipinski definition) is 2. The van der Waals surface area contributed by atoms with Gasteiger partial charge in [-0.1, -0.05) is 18.2 Å². The summed E-state index contributed by atoms with van der Waals surface area (Å²) in [7, 11) is 1.65. The SMILES string of the molecule is CNC(=O)C1CCN(C(=O)Nc2ccc(Oc3ccccc3)cc2)CC1. The van der Waals surface area contributed by atoms with Crippen molar-refractivity contribution >= 4 is 17.6 Å².